The summed E-state index contributed by atoms with van der Waals surface area (Å²) in [6.07, 6.45) is 8.45. The first-order chi connectivity index (χ1) is 7.45. The zero-order chi connectivity index (χ0) is 12.6. The van der Waals surface area contributed by atoms with Gasteiger partial charge in [0, 0.05) is 0 Å². The highest BCUT2D eigenvalue weighted by Gasteiger charge is 2.11. The van der Waals surface area contributed by atoms with Crippen molar-refractivity contribution in [1.82, 2.24) is 0 Å². The molecule has 3 atom stereocenters. The van der Waals surface area contributed by atoms with Gasteiger partial charge in [0.2, 0.25) is 0 Å². The van der Waals surface area contributed by atoms with E-state index >= 15 is 0 Å². The maximum absolute atomic E-state index is 2.44. The quantitative estimate of drug-likeness (QED) is 0.458. The Morgan fingerprint density at radius 3 is 1.69 bits per heavy atom. The number of rotatable bonds is 9. The van der Waals surface area contributed by atoms with E-state index in [0.29, 0.717) is 0 Å². The van der Waals surface area contributed by atoms with E-state index in [1.165, 1.54) is 38.5 Å². The van der Waals surface area contributed by atoms with Crippen molar-refractivity contribution in [2.45, 2.75) is 80.1 Å². The van der Waals surface area contributed by atoms with Crippen molar-refractivity contribution in [3.8, 4) is 0 Å². The minimum absolute atomic E-state index is 0.862. The van der Waals surface area contributed by atoms with Gasteiger partial charge < -0.3 is 0 Å². The summed E-state index contributed by atoms with van der Waals surface area (Å²) in [5, 5.41) is 0. The van der Waals surface area contributed by atoms with E-state index in [9.17, 15) is 0 Å². The minimum Gasteiger partial charge on any atom is -0.0654 e. The molecule has 16 heavy (non-hydrogen) atoms. The molecular formula is C16H34. The van der Waals surface area contributed by atoms with Gasteiger partial charge in [-0.1, -0.05) is 67.2 Å². The molecule has 0 nitrogen and oxygen atoms in total. The molecule has 0 saturated heterocycles. The highest BCUT2D eigenvalue weighted by Crippen LogP contribution is 2.24. The van der Waals surface area contributed by atoms with Crippen LogP contribution in [0.1, 0.15) is 80.1 Å². The zero-order valence-electron chi connectivity index (χ0n) is 12.6. The summed E-state index contributed by atoms with van der Waals surface area (Å²) in [6.45, 7) is 14.2. The van der Waals surface area contributed by atoms with Gasteiger partial charge in [-0.25, -0.2) is 0 Å². The van der Waals surface area contributed by atoms with Crippen LogP contribution in [0.2, 0.25) is 0 Å². The molecule has 0 aromatic heterocycles. The summed E-state index contributed by atoms with van der Waals surface area (Å²) >= 11 is 0. The first-order valence-electron chi connectivity index (χ1n) is 7.45. The van der Waals surface area contributed by atoms with Crippen LogP contribution < -0.4 is 0 Å². The predicted octanol–water partition coefficient (Wildman–Crippen LogP) is 5.91. The third kappa shape index (κ3) is 9.24. The lowest BCUT2D eigenvalue weighted by molar-refractivity contribution is 0.321. The van der Waals surface area contributed by atoms with Gasteiger partial charge in [0.1, 0.15) is 0 Å². The lowest BCUT2D eigenvalue weighted by Gasteiger charge is -2.20. The largest absolute Gasteiger partial charge is 0.0654 e. The molecule has 0 N–H and O–H groups in total. The molecule has 0 aromatic rings. The van der Waals surface area contributed by atoms with Crippen molar-refractivity contribution in [2.24, 2.45) is 23.7 Å². The van der Waals surface area contributed by atoms with Crippen LogP contribution in [0.15, 0.2) is 0 Å². The molecule has 0 saturated carbocycles. The Hall–Kier alpha value is 0. The Morgan fingerprint density at radius 1 is 0.625 bits per heavy atom. The van der Waals surface area contributed by atoms with Crippen LogP contribution in [0.5, 0.6) is 0 Å². The Balaban J connectivity index is 3.60. The summed E-state index contributed by atoms with van der Waals surface area (Å²) in [5.41, 5.74) is 0. The molecule has 0 aliphatic rings. The predicted molar refractivity (Wildman–Crippen MR) is 75.7 cm³/mol. The topological polar surface area (TPSA) is 0 Å². The summed E-state index contributed by atoms with van der Waals surface area (Å²) in [4.78, 5) is 0. The molecule has 0 fully saturated rings. The van der Waals surface area contributed by atoms with E-state index < -0.39 is 0 Å². The van der Waals surface area contributed by atoms with E-state index in [4.69, 9.17) is 0 Å². The van der Waals surface area contributed by atoms with E-state index in [1.54, 1.807) is 0 Å². The third-order valence-electron chi connectivity index (χ3n) is 3.61. The van der Waals surface area contributed by atoms with Gasteiger partial charge in [0.25, 0.3) is 0 Å². The molecule has 0 radical (unpaired) electrons. The standard InChI is InChI=1S/C16H34/c1-7-8-14(4)9-10-15(5)12-16(6)11-13(2)3/h13-16H,7-12H2,1-6H3. The second-order valence-electron chi connectivity index (χ2n) is 6.55. The molecule has 0 aliphatic heterocycles. The molecule has 0 heterocycles. The Morgan fingerprint density at radius 2 is 1.19 bits per heavy atom. The second kappa shape index (κ2) is 9.07. The van der Waals surface area contributed by atoms with Gasteiger partial charge in [0.05, 0.1) is 0 Å². The van der Waals surface area contributed by atoms with Crippen molar-refractivity contribution in [3.05, 3.63) is 0 Å². The molecule has 0 aromatic carbocycles. The van der Waals surface area contributed by atoms with Gasteiger partial charge in [-0.2, -0.15) is 0 Å². The van der Waals surface area contributed by atoms with Crippen molar-refractivity contribution in [2.75, 3.05) is 0 Å². The molecule has 3 unspecified atom stereocenters. The lowest BCUT2D eigenvalue weighted by atomic mass is 9.86. The minimum atomic E-state index is 0.862. The van der Waals surface area contributed by atoms with Crippen molar-refractivity contribution >= 4 is 0 Å². The Bertz CT molecular complexity index is 148. The molecule has 98 valence electrons. The Kier molecular flexibility index (Phi) is 9.07. The molecule has 0 rings (SSSR count). The van der Waals surface area contributed by atoms with Gasteiger partial charge in [-0.3, -0.25) is 0 Å². The molecule has 0 aliphatic carbocycles. The molecule has 0 amide bonds. The van der Waals surface area contributed by atoms with Gasteiger partial charge in [-0.05, 0) is 36.5 Å². The molecule has 0 spiro atoms. The highest BCUT2D eigenvalue weighted by atomic mass is 14.2. The Labute approximate surface area is 104 Å². The number of hydrogen-bond acceptors (Lipinski definition) is 0. The van der Waals surface area contributed by atoms with Crippen LogP contribution in [0.25, 0.3) is 0 Å². The maximum Gasteiger partial charge on any atom is -0.0438 e. The first kappa shape index (κ1) is 16.0. The SMILES string of the molecule is CCCC(C)CCC(C)CC(C)CC(C)C. The van der Waals surface area contributed by atoms with Crippen LogP contribution in [-0.4, -0.2) is 0 Å². The van der Waals surface area contributed by atoms with Gasteiger partial charge >= 0.3 is 0 Å². The maximum atomic E-state index is 2.44. The normalized spacial score (nSPS) is 17.4. The number of hydrogen-bond donors (Lipinski definition) is 0. The lowest BCUT2D eigenvalue weighted by Crippen LogP contribution is -2.07. The van der Waals surface area contributed by atoms with E-state index in [-0.39, 0.29) is 0 Å². The van der Waals surface area contributed by atoms with E-state index in [1.807, 2.05) is 0 Å². The van der Waals surface area contributed by atoms with Crippen LogP contribution in [0, 0.1) is 23.7 Å². The van der Waals surface area contributed by atoms with Gasteiger partial charge in [0.15, 0.2) is 0 Å². The van der Waals surface area contributed by atoms with E-state index in [0.717, 1.165) is 23.7 Å². The first-order valence-corrected chi connectivity index (χ1v) is 7.45. The summed E-state index contributed by atoms with van der Waals surface area (Å²) < 4.78 is 0. The van der Waals surface area contributed by atoms with Gasteiger partial charge in [-0.15, -0.1) is 0 Å². The van der Waals surface area contributed by atoms with Crippen LogP contribution in [0.3, 0.4) is 0 Å². The smallest absolute Gasteiger partial charge is 0.0438 e. The third-order valence-corrected chi connectivity index (χ3v) is 3.61. The molecular weight excluding hydrogens is 192 g/mol. The van der Waals surface area contributed by atoms with Crippen LogP contribution >= 0.6 is 0 Å². The summed E-state index contributed by atoms with van der Waals surface area (Å²) in [6, 6.07) is 0. The fraction of sp³-hybridized carbons (Fsp3) is 1.00. The monoisotopic (exact) mass is 226 g/mol. The van der Waals surface area contributed by atoms with Crippen molar-refractivity contribution < 1.29 is 0 Å². The summed E-state index contributed by atoms with van der Waals surface area (Å²) in [5.74, 6) is 3.64. The van der Waals surface area contributed by atoms with E-state index in [2.05, 4.69) is 41.5 Å². The molecule has 0 heteroatoms. The second-order valence-corrected chi connectivity index (χ2v) is 6.55. The average molecular weight is 226 g/mol. The summed E-state index contributed by atoms with van der Waals surface area (Å²) in [7, 11) is 0. The van der Waals surface area contributed by atoms with Crippen LogP contribution in [-0.2, 0) is 0 Å². The van der Waals surface area contributed by atoms with Crippen molar-refractivity contribution in [1.29, 1.82) is 0 Å². The fourth-order valence-corrected chi connectivity index (χ4v) is 2.91. The van der Waals surface area contributed by atoms with Crippen LogP contribution in [0.4, 0.5) is 0 Å². The zero-order valence-corrected chi connectivity index (χ0v) is 12.6. The molecule has 0 bridgehead atoms. The fourth-order valence-electron chi connectivity index (χ4n) is 2.91. The highest BCUT2D eigenvalue weighted by molar-refractivity contribution is 4.63. The van der Waals surface area contributed by atoms with Crippen molar-refractivity contribution in [3.63, 3.8) is 0 Å². The average Bonchev–Trinajstić information content (AvgIpc) is 2.13.